The largest absolute Gasteiger partial charge is 0.330 e. The summed E-state index contributed by atoms with van der Waals surface area (Å²) in [6.45, 7) is 4.54. The number of aromatic nitrogens is 2. The van der Waals surface area contributed by atoms with Gasteiger partial charge in [0.15, 0.2) is 0 Å². The van der Waals surface area contributed by atoms with E-state index in [0.717, 1.165) is 17.6 Å². The number of hydrogen-bond acceptors (Lipinski definition) is 2. The van der Waals surface area contributed by atoms with Crippen LogP contribution < -0.4 is 5.73 Å². The second kappa shape index (κ2) is 3.34. The number of nitrogens with zero attached hydrogens (tertiary/aromatic N) is 2. The lowest BCUT2D eigenvalue weighted by atomic mass is 10.1. The maximum absolute atomic E-state index is 5.39. The van der Waals surface area contributed by atoms with Crippen LogP contribution in [0.2, 0.25) is 0 Å². The minimum Gasteiger partial charge on any atom is -0.330 e. The molecule has 0 saturated carbocycles. The summed E-state index contributed by atoms with van der Waals surface area (Å²) in [5, 5.41) is 4.03. The van der Waals surface area contributed by atoms with Crippen molar-refractivity contribution in [2.45, 2.75) is 6.42 Å². The summed E-state index contributed by atoms with van der Waals surface area (Å²) in [7, 11) is 1.89. The maximum Gasteiger partial charge on any atom is 0.0564 e. The van der Waals surface area contributed by atoms with Crippen molar-refractivity contribution in [1.82, 2.24) is 9.78 Å². The molecule has 3 nitrogen and oxygen atoms in total. The molecule has 0 aliphatic rings. The number of aryl methyl sites for hydroxylation is 1. The number of rotatable bonds is 3. The first kappa shape index (κ1) is 8.01. The van der Waals surface area contributed by atoms with Gasteiger partial charge >= 0.3 is 0 Å². The van der Waals surface area contributed by atoms with Crippen LogP contribution in [0, 0.1) is 0 Å². The van der Waals surface area contributed by atoms with Crippen molar-refractivity contribution < 1.29 is 0 Å². The van der Waals surface area contributed by atoms with Crippen molar-refractivity contribution >= 4 is 5.57 Å². The van der Waals surface area contributed by atoms with Crippen molar-refractivity contribution in [1.29, 1.82) is 0 Å². The average molecular weight is 151 g/mol. The molecule has 0 atom stereocenters. The first-order chi connectivity index (χ1) is 5.24. The van der Waals surface area contributed by atoms with E-state index in [4.69, 9.17) is 5.73 Å². The minimum absolute atomic E-state index is 0.647. The van der Waals surface area contributed by atoms with Gasteiger partial charge in [0, 0.05) is 18.8 Å². The zero-order valence-electron chi connectivity index (χ0n) is 6.75. The van der Waals surface area contributed by atoms with Crippen LogP contribution in [0.4, 0.5) is 0 Å². The van der Waals surface area contributed by atoms with Gasteiger partial charge < -0.3 is 5.73 Å². The van der Waals surface area contributed by atoms with Crippen LogP contribution in [0.25, 0.3) is 5.57 Å². The third-order valence-electron chi connectivity index (χ3n) is 1.56. The Morgan fingerprint density at radius 1 is 1.82 bits per heavy atom. The average Bonchev–Trinajstić information content (AvgIpc) is 2.36. The monoisotopic (exact) mass is 151 g/mol. The summed E-state index contributed by atoms with van der Waals surface area (Å²) >= 11 is 0. The molecule has 2 N–H and O–H groups in total. The molecule has 0 radical (unpaired) electrons. The van der Waals surface area contributed by atoms with E-state index in [1.54, 1.807) is 10.9 Å². The second-order valence-corrected chi connectivity index (χ2v) is 2.54. The van der Waals surface area contributed by atoms with Crippen LogP contribution >= 0.6 is 0 Å². The molecular weight excluding hydrogens is 138 g/mol. The first-order valence-electron chi connectivity index (χ1n) is 3.61. The molecule has 1 aromatic heterocycles. The SMILES string of the molecule is C=C(CCN)c1cnn(C)c1. The molecule has 0 fully saturated rings. The zero-order valence-corrected chi connectivity index (χ0v) is 6.75. The van der Waals surface area contributed by atoms with E-state index in [9.17, 15) is 0 Å². The highest BCUT2D eigenvalue weighted by Gasteiger charge is 1.98. The molecule has 0 bridgehead atoms. The molecule has 11 heavy (non-hydrogen) atoms. The van der Waals surface area contributed by atoms with Gasteiger partial charge in [-0.25, -0.2) is 0 Å². The molecule has 0 amide bonds. The fourth-order valence-electron chi connectivity index (χ4n) is 0.922. The molecule has 1 rings (SSSR count). The molecule has 0 aliphatic heterocycles. The summed E-state index contributed by atoms with van der Waals surface area (Å²) in [6, 6.07) is 0. The first-order valence-corrected chi connectivity index (χ1v) is 3.61. The third kappa shape index (κ3) is 1.91. The molecule has 0 aromatic carbocycles. The highest BCUT2D eigenvalue weighted by molar-refractivity contribution is 5.61. The Morgan fingerprint density at radius 3 is 3.00 bits per heavy atom. The Balaban J connectivity index is 2.69. The zero-order chi connectivity index (χ0) is 8.27. The van der Waals surface area contributed by atoms with Gasteiger partial charge in [-0.3, -0.25) is 4.68 Å². The fourth-order valence-corrected chi connectivity index (χ4v) is 0.922. The fraction of sp³-hybridized carbons (Fsp3) is 0.375. The molecule has 60 valence electrons. The maximum atomic E-state index is 5.39. The lowest BCUT2D eigenvalue weighted by Gasteiger charge is -1.97. The molecule has 3 heteroatoms. The lowest BCUT2D eigenvalue weighted by molar-refractivity contribution is 0.767. The lowest BCUT2D eigenvalue weighted by Crippen LogP contribution is -1.98. The summed E-state index contributed by atoms with van der Waals surface area (Å²) in [6.07, 6.45) is 4.58. The summed E-state index contributed by atoms with van der Waals surface area (Å²) in [5.41, 5.74) is 7.52. The van der Waals surface area contributed by atoms with Gasteiger partial charge in [-0.2, -0.15) is 5.10 Å². The molecule has 0 spiro atoms. The van der Waals surface area contributed by atoms with Gasteiger partial charge in [0.2, 0.25) is 0 Å². The van der Waals surface area contributed by atoms with Crippen LogP contribution in [0.5, 0.6) is 0 Å². The Hall–Kier alpha value is -1.09. The van der Waals surface area contributed by atoms with Gasteiger partial charge in [0.25, 0.3) is 0 Å². The quantitative estimate of drug-likeness (QED) is 0.693. The molecule has 0 aliphatic carbocycles. The van der Waals surface area contributed by atoms with Crippen molar-refractivity contribution in [2.24, 2.45) is 12.8 Å². The molecule has 0 unspecified atom stereocenters. The van der Waals surface area contributed by atoms with E-state index < -0.39 is 0 Å². The summed E-state index contributed by atoms with van der Waals surface area (Å²) in [5.74, 6) is 0. The van der Waals surface area contributed by atoms with Crippen LogP contribution in [0.3, 0.4) is 0 Å². The van der Waals surface area contributed by atoms with E-state index >= 15 is 0 Å². The molecule has 0 saturated heterocycles. The predicted octanol–water partition coefficient (Wildman–Crippen LogP) is 0.782. The Kier molecular flexibility index (Phi) is 2.44. The topological polar surface area (TPSA) is 43.8 Å². The van der Waals surface area contributed by atoms with Crippen molar-refractivity contribution in [3.63, 3.8) is 0 Å². The summed E-state index contributed by atoms with van der Waals surface area (Å²) in [4.78, 5) is 0. The third-order valence-corrected chi connectivity index (χ3v) is 1.56. The van der Waals surface area contributed by atoms with E-state index in [0.29, 0.717) is 6.54 Å². The number of hydrogen-bond donors (Lipinski definition) is 1. The predicted molar refractivity (Wildman–Crippen MR) is 45.9 cm³/mol. The van der Waals surface area contributed by atoms with E-state index in [1.807, 2.05) is 13.2 Å². The Labute approximate surface area is 66.5 Å². The van der Waals surface area contributed by atoms with Crippen LogP contribution in [-0.2, 0) is 7.05 Å². The van der Waals surface area contributed by atoms with E-state index in [-0.39, 0.29) is 0 Å². The number of nitrogens with two attached hydrogens (primary N) is 1. The smallest absolute Gasteiger partial charge is 0.0564 e. The van der Waals surface area contributed by atoms with Crippen LogP contribution in [-0.4, -0.2) is 16.3 Å². The highest BCUT2D eigenvalue weighted by Crippen LogP contribution is 2.12. The second-order valence-electron chi connectivity index (χ2n) is 2.54. The standard InChI is InChI=1S/C8H13N3/c1-7(3-4-9)8-5-10-11(2)6-8/h5-6H,1,3-4,9H2,2H3. The van der Waals surface area contributed by atoms with E-state index in [2.05, 4.69) is 11.7 Å². The molecular formula is C8H13N3. The van der Waals surface area contributed by atoms with Gasteiger partial charge in [-0.15, -0.1) is 0 Å². The van der Waals surface area contributed by atoms with Crippen molar-refractivity contribution in [2.75, 3.05) is 6.54 Å². The van der Waals surface area contributed by atoms with Gasteiger partial charge in [0.05, 0.1) is 6.20 Å². The molecule has 1 heterocycles. The Bertz CT molecular complexity index is 250. The molecule has 1 aromatic rings. The summed E-state index contributed by atoms with van der Waals surface area (Å²) < 4.78 is 1.76. The van der Waals surface area contributed by atoms with Gasteiger partial charge in [-0.05, 0) is 18.5 Å². The normalized spacial score (nSPS) is 10.0. The van der Waals surface area contributed by atoms with Crippen LogP contribution in [0.1, 0.15) is 12.0 Å². The Morgan fingerprint density at radius 2 is 2.55 bits per heavy atom. The van der Waals surface area contributed by atoms with Crippen LogP contribution in [0.15, 0.2) is 19.0 Å². The van der Waals surface area contributed by atoms with Crippen molar-refractivity contribution in [3.05, 3.63) is 24.5 Å². The van der Waals surface area contributed by atoms with E-state index in [1.165, 1.54) is 0 Å². The minimum atomic E-state index is 0.647. The van der Waals surface area contributed by atoms with Gasteiger partial charge in [0.1, 0.15) is 0 Å². The van der Waals surface area contributed by atoms with Gasteiger partial charge in [-0.1, -0.05) is 6.58 Å². The van der Waals surface area contributed by atoms with Crippen molar-refractivity contribution in [3.8, 4) is 0 Å². The highest BCUT2D eigenvalue weighted by atomic mass is 15.2.